The van der Waals surface area contributed by atoms with Crippen LogP contribution in [0.3, 0.4) is 0 Å². The molecule has 0 amide bonds. The molecule has 5 nitrogen and oxygen atoms in total. The molecule has 2 atom stereocenters. The maximum absolute atomic E-state index is 11.5. The zero-order valence-corrected chi connectivity index (χ0v) is 9.54. The molecule has 15 heavy (non-hydrogen) atoms. The molecule has 2 unspecified atom stereocenters. The largest absolute Gasteiger partial charge is 0.480 e. The maximum atomic E-state index is 11.5. The normalized spacial score (nSPS) is 15.3. The summed E-state index contributed by atoms with van der Waals surface area (Å²) < 4.78 is 25.2. The van der Waals surface area contributed by atoms with Crippen LogP contribution >= 0.6 is 0 Å². The van der Waals surface area contributed by atoms with Gasteiger partial charge in [0.05, 0.1) is 0 Å². The lowest BCUT2D eigenvalue weighted by Crippen LogP contribution is -2.42. The van der Waals surface area contributed by atoms with Crippen molar-refractivity contribution in [1.82, 2.24) is 4.72 Å². The van der Waals surface area contributed by atoms with Crippen LogP contribution in [0.25, 0.3) is 0 Å². The first kappa shape index (κ1) is 13.9. The second-order valence-corrected chi connectivity index (χ2v) is 5.19. The summed E-state index contributed by atoms with van der Waals surface area (Å²) in [4.78, 5) is 10.5. The van der Waals surface area contributed by atoms with E-state index >= 15 is 0 Å². The molecule has 0 aliphatic heterocycles. The summed E-state index contributed by atoms with van der Waals surface area (Å²) >= 11 is 0. The molecular formula is C9H15NO4S. The molecule has 0 saturated heterocycles. The Labute approximate surface area is 89.9 Å². The van der Waals surface area contributed by atoms with Crippen molar-refractivity contribution in [2.45, 2.75) is 38.0 Å². The molecule has 0 bridgehead atoms. The van der Waals surface area contributed by atoms with Gasteiger partial charge in [-0.15, -0.1) is 12.3 Å². The predicted molar refractivity (Wildman–Crippen MR) is 56.7 cm³/mol. The molecule has 0 spiro atoms. The first-order valence-corrected chi connectivity index (χ1v) is 6.07. The third-order valence-electron chi connectivity index (χ3n) is 2.00. The molecule has 0 rings (SSSR count). The Morgan fingerprint density at radius 3 is 2.47 bits per heavy atom. The second kappa shape index (κ2) is 5.73. The number of sulfonamides is 1. The number of hydrogen-bond donors (Lipinski definition) is 2. The van der Waals surface area contributed by atoms with Gasteiger partial charge < -0.3 is 5.11 Å². The number of carboxylic acids is 1. The van der Waals surface area contributed by atoms with Crippen molar-refractivity contribution in [2.24, 2.45) is 0 Å². The summed E-state index contributed by atoms with van der Waals surface area (Å²) in [6.07, 6.45) is 5.83. The first-order chi connectivity index (χ1) is 6.85. The number of nitrogens with one attached hydrogen (secondary N) is 1. The Morgan fingerprint density at radius 1 is 1.60 bits per heavy atom. The standard InChI is InChI=1S/C9H15NO4S/c1-4-6-8(5-2)10-15(13,14)7(3)9(11)12/h1,7-8,10H,5-6H2,2-3H3,(H,11,12). The van der Waals surface area contributed by atoms with Gasteiger partial charge in [0, 0.05) is 12.5 Å². The molecular weight excluding hydrogens is 218 g/mol. The predicted octanol–water partition coefficient (Wildman–Crippen LogP) is 0.181. The van der Waals surface area contributed by atoms with Crippen LogP contribution in [0.2, 0.25) is 0 Å². The van der Waals surface area contributed by atoms with Crippen LogP contribution in [0.15, 0.2) is 0 Å². The van der Waals surface area contributed by atoms with E-state index in [9.17, 15) is 13.2 Å². The highest BCUT2D eigenvalue weighted by Crippen LogP contribution is 2.04. The van der Waals surface area contributed by atoms with Gasteiger partial charge in [0.1, 0.15) is 0 Å². The van der Waals surface area contributed by atoms with Gasteiger partial charge in [-0.1, -0.05) is 6.92 Å². The van der Waals surface area contributed by atoms with E-state index < -0.39 is 27.3 Å². The third kappa shape index (κ3) is 4.32. The summed E-state index contributed by atoms with van der Waals surface area (Å²) in [6, 6.07) is -0.401. The van der Waals surface area contributed by atoms with Gasteiger partial charge in [-0.3, -0.25) is 4.79 Å². The topological polar surface area (TPSA) is 83.5 Å². The van der Waals surface area contributed by atoms with Gasteiger partial charge in [-0.2, -0.15) is 0 Å². The van der Waals surface area contributed by atoms with Gasteiger partial charge >= 0.3 is 5.97 Å². The van der Waals surface area contributed by atoms with Crippen molar-refractivity contribution in [1.29, 1.82) is 0 Å². The van der Waals surface area contributed by atoms with Crippen LogP contribution < -0.4 is 4.72 Å². The van der Waals surface area contributed by atoms with Gasteiger partial charge in [0.15, 0.2) is 5.25 Å². The van der Waals surface area contributed by atoms with E-state index in [2.05, 4.69) is 10.6 Å². The first-order valence-electron chi connectivity index (χ1n) is 4.52. The lowest BCUT2D eigenvalue weighted by molar-refractivity contribution is -0.136. The molecule has 0 radical (unpaired) electrons. The monoisotopic (exact) mass is 233 g/mol. The van der Waals surface area contributed by atoms with E-state index in [1.807, 2.05) is 0 Å². The van der Waals surface area contributed by atoms with Gasteiger partial charge in [0.2, 0.25) is 10.0 Å². The summed E-state index contributed by atoms with van der Waals surface area (Å²) in [7, 11) is -3.84. The molecule has 0 aromatic heterocycles. The number of carbonyl (C=O) groups is 1. The highest BCUT2D eigenvalue weighted by atomic mass is 32.2. The Hall–Kier alpha value is -1.06. The van der Waals surface area contributed by atoms with E-state index in [0.29, 0.717) is 6.42 Å². The lowest BCUT2D eigenvalue weighted by Gasteiger charge is -2.16. The number of hydrogen-bond acceptors (Lipinski definition) is 3. The molecule has 2 N–H and O–H groups in total. The van der Waals surface area contributed by atoms with Crippen molar-refractivity contribution >= 4 is 16.0 Å². The minimum atomic E-state index is -3.84. The average Bonchev–Trinajstić information content (AvgIpc) is 2.15. The van der Waals surface area contributed by atoms with E-state index in [1.54, 1.807) is 6.92 Å². The van der Waals surface area contributed by atoms with Crippen molar-refractivity contribution in [2.75, 3.05) is 0 Å². The highest BCUT2D eigenvalue weighted by Gasteiger charge is 2.29. The quantitative estimate of drug-likeness (QED) is 0.641. The van der Waals surface area contributed by atoms with Gasteiger partial charge in [-0.05, 0) is 13.3 Å². The van der Waals surface area contributed by atoms with Gasteiger partial charge in [0.25, 0.3) is 0 Å². The summed E-state index contributed by atoms with van der Waals surface area (Å²) in [5.74, 6) is 0.958. The fraction of sp³-hybridized carbons (Fsp3) is 0.667. The average molecular weight is 233 g/mol. The van der Waals surface area contributed by atoms with Gasteiger partial charge in [-0.25, -0.2) is 13.1 Å². The van der Waals surface area contributed by atoms with Crippen LogP contribution in [0.5, 0.6) is 0 Å². The van der Waals surface area contributed by atoms with Crippen LogP contribution in [0.4, 0.5) is 0 Å². The smallest absolute Gasteiger partial charge is 0.323 e. The van der Waals surface area contributed by atoms with E-state index in [-0.39, 0.29) is 6.42 Å². The van der Waals surface area contributed by atoms with Crippen molar-refractivity contribution in [3.05, 3.63) is 0 Å². The summed E-state index contributed by atoms with van der Waals surface area (Å²) in [6.45, 7) is 2.89. The van der Waals surface area contributed by atoms with Crippen molar-refractivity contribution < 1.29 is 18.3 Å². The summed E-state index contributed by atoms with van der Waals surface area (Å²) in [5.41, 5.74) is 0. The van der Waals surface area contributed by atoms with E-state index in [0.717, 1.165) is 6.92 Å². The maximum Gasteiger partial charge on any atom is 0.323 e. The molecule has 0 aromatic carbocycles. The molecule has 0 heterocycles. The zero-order valence-electron chi connectivity index (χ0n) is 8.73. The molecule has 6 heteroatoms. The zero-order chi connectivity index (χ0) is 12.1. The molecule has 0 saturated carbocycles. The van der Waals surface area contributed by atoms with Crippen LogP contribution in [0, 0.1) is 12.3 Å². The fourth-order valence-corrected chi connectivity index (χ4v) is 2.06. The lowest BCUT2D eigenvalue weighted by atomic mass is 10.2. The summed E-state index contributed by atoms with van der Waals surface area (Å²) in [5, 5.41) is 7.11. The Kier molecular flexibility index (Phi) is 5.33. The molecule has 0 fully saturated rings. The number of terminal acetylenes is 1. The van der Waals surface area contributed by atoms with Crippen LogP contribution in [-0.4, -0.2) is 30.8 Å². The minimum Gasteiger partial charge on any atom is -0.480 e. The number of carboxylic acid groups (broad SMARTS) is 1. The van der Waals surface area contributed by atoms with E-state index in [4.69, 9.17) is 11.5 Å². The molecule has 0 aliphatic carbocycles. The molecule has 86 valence electrons. The van der Waals surface area contributed by atoms with Crippen molar-refractivity contribution in [3.63, 3.8) is 0 Å². The minimum absolute atomic E-state index is 0.252. The Morgan fingerprint density at radius 2 is 2.13 bits per heavy atom. The van der Waals surface area contributed by atoms with Crippen molar-refractivity contribution in [3.8, 4) is 12.3 Å². The Balaban J connectivity index is 4.63. The Bertz CT molecular complexity index is 355. The van der Waals surface area contributed by atoms with E-state index in [1.165, 1.54) is 0 Å². The van der Waals surface area contributed by atoms with Crippen LogP contribution in [-0.2, 0) is 14.8 Å². The molecule has 0 aliphatic rings. The van der Waals surface area contributed by atoms with Crippen LogP contribution in [0.1, 0.15) is 26.7 Å². The second-order valence-electron chi connectivity index (χ2n) is 3.16. The third-order valence-corrected chi connectivity index (χ3v) is 3.80. The SMILES string of the molecule is C#CCC(CC)NS(=O)(=O)C(C)C(=O)O. The highest BCUT2D eigenvalue weighted by molar-refractivity contribution is 7.90. The number of aliphatic carboxylic acids is 1. The fourth-order valence-electron chi connectivity index (χ4n) is 0.879. The number of rotatable bonds is 6. The molecule has 0 aromatic rings.